The predicted octanol–water partition coefficient (Wildman–Crippen LogP) is 2.51. The van der Waals surface area contributed by atoms with Gasteiger partial charge in [0, 0.05) is 24.5 Å². The minimum Gasteiger partial charge on any atom is -0.354 e. The van der Waals surface area contributed by atoms with Crippen molar-refractivity contribution in [3.05, 3.63) is 21.4 Å². The van der Waals surface area contributed by atoms with E-state index in [9.17, 15) is 9.59 Å². The van der Waals surface area contributed by atoms with E-state index in [0.717, 1.165) is 50.2 Å². The van der Waals surface area contributed by atoms with Gasteiger partial charge in [0.2, 0.25) is 5.91 Å². The summed E-state index contributed by atoms with van der Waals surface area (Å²) >= 11 is 1.58. The van der Waals surface area contributed by atoms with E-state index in [0.29, 0.717) is 12.5 Å². The minimum atomic E-state index is -0.0246. The summed E-state index contributed by atoms with van der Waals surface area (Å²) in [5.74, 6) is 0.611. The molecule has 5 nitrogen and oxygen atoms in total. The summed E-state index contributed by atoms with van der Waals surface area (Å²) in [4.78, 5) is 28.8. The van der Waals surface area contributed by atoms with E-state index in [-0.39, 0.29) is 30.3 Å². The van der Waals surface area contributed by atoms with Crippen molar-refractivity contribution in [1.29, 1.82) is 0 Å². The van der Waals surface area contributed by atoms with Crippen LogP contribution in [0.2, 0.25) is 0 Å². The Labute approximate surface area is 160 Å². The smallest absolute Gasteiger partial charge is 0.263 e. The van der Waals surface area contributed by atoms with Crippen LogP contribution in [0.3, 0.4) is 0 Å². The summed E-state index contributed by atoms with van der Waals surface area (Å²) in [5, 5.41) is 6.29. The van der Waals surface area contributed by atoms with Crippen molar-refractivity contribution in [1.82, 2.24) is 15.5 Å². The number of carbonyl (C=O) groups excluding carboxylic acids is 2. The highest BCUT2D eigenvalue weighted by Gasteiger charge is 2.27. The second kappa shape index (κ2) is 9.01. The molecule has 3 rings (SSSR count). The molecule has 140 valence electrons. The number of nitrogens with zero attached hydrogens (tertiary/aromatic N) is 1. The number of hydrogen-bond acceptors (Lipinski definition) is 4. The Kier molecular flexibility index (Phi) is 7.28. The number of thiophene rings is 1. The molecule has 0 spiro atoms. The van der Waals surface area contributed by atoms with Crippen LogP contribution in [0.5, 0.6) is 0 Å². The fourth-order valence-corrected chi connectivity index (χ4v) is 4.53. The molecule has 0 bridgehead atoms. The lowest BCUT2D eigenvalue weighted by Crippen LogP contribution is -2.46. The molecule has 25 heavy (non-hydrogen) atoms. The Hall–Kier alpha value is -1.11. The Morgan fingerprint density at radius 1 is 1.32 bits per heavy atom. The molecule has 7 heteroatoms. The van der Waals surface area contributed by atoms with Crippen molar-refractivity contribution in [3.8, 4) is 0 Å². The monoisotopic (exact) mass is 385 g/mol. The molecule has 1 aromatic rings. The fraction of sp³-hybridized carbons (Fsp3) is 0.667. The molecule has 3 heterocycles. The summed E-state index contributed by atoms with van der Waals surface area (Å²) in [6, 6.07) is 1.97. The SMILES string of the molecule is Cc1cc(C(=O)N2CCCC(CNC(=O)C3CCCN3)C2)sc1C.Cl. The van der Waals surface area contributed by atoms with Gasteiger partial charge in [0.15, 0.2) is 0 Å². The van der Waals surface area contributed by atoms with Crippen LogP contribution in [-0.4, -0.2) is 48.9 Å². The standard InChI is InChI=1S/C18H27N3O2S.ClH/c1-12-9-16(24-13(12)2)18(23)21-8-4-5-14(11-21)10-20-17(22)15-6-3-7-19-15;/h9,14-15,19H,3-8,10-11H2,1-2H3,(H,20,22);1H. The summed E-state index contributed by atoms with van der Waals surface area (Å²) in [5.41, 5.74) is 1.19. The summed E-state index contributed by atoms with van der Waals surface area (Å²) in [6.45, 7) is 7.28. The lowest BCUT2D eigenvalue weighted by atomic mass is 9.97. The lowest BCUT2D eigenvalue weighted by Gasteiger charge is -2.32. The van der Waals surface area contributed by atoms with Crippen LogP contribution < -0.4 is 10.6 Å². The second-order valence-electron chi connectivity index (χ2n) is 7.00. The first-order valence-electron chi connectivity index (χ1n) is 8.92. The van der Waals surface area contributed by atoms with Crippen molar-refractivity contribution < 1.29 is 9.59 Å². The second-order valence-corrected chi connectivity index (χ2v) is 8.26. The molecule has 0 saturated carbocycles. The first kappa shape index (κ1) is 20.2. The Morgan fingerprint density at radius 3 is 2.76 bits per heavy atom. The molecular weight excluding hydrogens is 358 g/mol. The first-order chi connectivity index (χ1) is 11.5. The number of rotatable bonds is 4. The third kappa shape index (κ3) is 4.96. The third-order valence-corrected chi connectivity index (χ3v) is 6.27. The number of likely N-dealkylation sites (tertiary alicyclic amines) is 1. The minimum absolute atomic E-state index is 0. The van der Waals surface area contributed by atoms with Gasteiger partial charge in [0.05, 0.1) is 10.9 Å². The number of nitrogens with one attached hydrogen (secondary N) is 2. The zero-order chi connectivity index (χ0) is 17.1. The van der Waals surface area contributed by atoms with E-state index in [1.165, 1.54) is 10.4 Å². The summed E-state index contributed by atoms with van der Waals surface area (Å²) < 4.78 is 0. The number of aryl methyl sites for hydroxylation is 2. The van der Waals surface area contributed by atoms with Crippen LogP contribution >= 0.6 is 23.7 Å². The van der Waals surface area contributed by atoms with Crippen LogP contribution in [0.4, 0.5) is 0 Å². The topological polar surface area (TPSA) is 61.4 Å². The highest BCUT2D eigenvalue weighted by atomic mass is 35.5. The van der Waals surface area contributed by atoms with Gasteiger partial charge in [-0.3, -0.25) is 9.59 Å². The maximum absolute atomic E-state index is 12.7. The van der Waals surface area contributed by atoms with Gasteiger partial charge in [-0.25, -0.2) is 0 Å². The lowest BCUT2D eigenvalue weighted by molar-refractivity contribution is -0.123. The maximum atomic E-state index is 12.7. The molecule has 2 unspecified atom stereocenters. The van der Waals surface area contributed by atoms with Gasteiger partial charge in [-0.2, -0.15) is 0 Å². The average Bonchev–Trinajstić information content (AvgIpc) is 3.23. The molecule has 1 aromatic heterocycles. The molecule has 2 aliphatic rings. The molecule has 2 N–H and O–H groups in total. The normalized spacial score (nSPS) is 23.2. The Balaban J connectivity index is 0.00000225. The van der Waals surface area contributed by atoms with Crippen molar-refractivity contribution in [3.63, 3.8) is 0 Å². The molecule has 2 aliphatic heterocycles. The summed E-state index contributed by atoms with van der Waals surface area (Å²) in [6.07, 6.45) is 4.09. The molecule has 2 atom stereocenters. The van der Waals surface area contributed by atoms with Crippen molar-refractivity contribution in [2.24, 2.45) is 5.92 Å². The fourth-order valence-electron chi connectivity index (χ4n) is 3.53. The third-order valence-electron chi connectivity index (χ3n) is 5.12. The van der Waals surface area contributed by atoms with Gasteiger partial charge in [-0.15, -0.1) is 23.7 Å². The number of carbonyl (C=O) groups is 2. The van der Waals surface area contributed by atoms with Gasteiger partial charge < -0.3 is 15.5 Å². The molecule has 2 amide bonds. The molecule has 0 aromatic carbocycles. The van der Waals surface area contributed by atoms with Crippen LogP contribution in [-0.2, 0) is 4.79 Å². The van der Waals surface area contributed by atoms with Gasteiger partial charge in [0.1, 0.15) is 0 Å². The zero-order valence-corrected chi connectivity index (χ0v) is 16.6. The first-order valence-corrected chi connectivity index (χ1v) is 9.73. The molecular formula is C18H28ClN3O2S. The average molecular weight is 386 g/mol. The number of halogens is 1. The number of hydrogen-bond donors (Lipinski definition) is 2. The van der Waals surface area contributed by atoms with E-state index in [4.69, 9.17) is 0 Å². The van der Waals surface area contributed by atoms with E-state index < -0.39 is 0 Å². The highest BCUT2D eigenvalue weighted by molar-refractivity contribution is 7.14. The van der Waals surface area contributed by atoms with E-state index in [1.807, 2.05) is 17.9 Å². The largest absolute Gasteiger partial charge is 0.354 e. The van der Waals surface area contributed by atoms with Crippen LogP contribution in [0.25, 0.3) is 0 Å². The van der Waals surface area contributed by atoms with Gasteiger partial charge in [-0.05, 0) is 63.6 Å². The molecule has 0 radical (unpaired) electrons. The summed E-state index contributed by atoms with van der Waals surface area (Å²) in [7, 11) is 0. The van der Waals surface area contributed by atoms with E-state index in [1.54, 1.807) is 11.3 Å². The molecule has 2 saturated heterocycles. The van der Waals surface area contributed by atoms with Gasteiger partial charge in [-0.1, -0.05) is 0 Å². The predicted molar refractivity (Wildman–Crippen MR) is 104 cm³/mol. The van der Waals surface area contributed by atoms with Crippen molar-refractivity contribution in [2.75, 3.05) is 26.2 Å². The Morgan fingerprint density at radius 2 is 2.12 bits per heavy atom. The van der Waals surface area contributed by atoms with Gasteiger partial charge >= 0.3 is 0 Å². The van der Waals surface area contributed by atoms with Gasteiger partial charge in [0.25, 0.3) is 5.91 Å². The molecule has 2 fully saturated rings. The number of amides is 2. The zero-order valence-electron chi connectivity index (χ0n) is 15.0. The Bertz CT molecular complexity index is 594. The van der Waals surface area contributed by atoms with Crippen LogP contribution in [0.15, 0.2) is 6.07 Å². The molecule has 0 aliphatic carbocycles. The van der Waals surface area contributed by atoms with Crippen LogP contribution in [0, 0.1) is 19.8 Å². The number of piperidine rings is 1. The van der Waals surface area contributed by atoms with Crippen molar-refractivity contribution >= 4 is 35.6 Å². The maximum Gasteiger partial charge on any atom is 0.263 e. The van der Waals surface area contributed by atoms with Crippen molar-refractivity contribution in [2.45, 2.75) is 45.6 Å². The van der Waals surface area contributed by atoms with E-state index in [2.05, 4.69) is 17.6 Å². The quantitative estimate of drug-likeness (QED) is 0.837. The van der Waals surface area contributed by atoms with Crippen LogP contribution in [0.1, 0.15) is 45.8 Å². The highest BCUT2D eigenvalue weighted by Crippen LogP contribution is 2.24. The van der Waals surface area contributed by atoms with E-state index >= 15 is 0 Å².